The van der Waals surface area contributed by atoms with Crippen LogP contribution in [0.3, 0.4) is 0 Å². The van der Waals surface area contributed by atoms with E-state index in [0.29, 0.717) is 5.56 Å². The quantitative estimate of drug-likeness (QED) is 0.748. The number of fused-ring (bicyclic) bond motifs is 1. The van der Waals surface area contributed by atoms with Gasteiger partial charge in [-0.2, -0.15) is 13.2 Å². The van der Waals surface area contributed by atoms with Crippen molar-refractivity contribution in [2.24, 2.45) is 0 Å². The van der Waals surface area contributed by atoms with Crippen LogP contribution in [0.5, 0.6) is 0 Å². The lowest BCUT2D eigenvalue weighted by molar-refractivity contribution is -0.137. The fourth-order valence-electron chi connectivity index (χ4n) is 2.91. The van der Waals surface area contributed by atoms with E-state index >= 15 is 0 Å². The van der Waals surface area contributed by atoms with Crippen LogP contribution in [0.15, 0.2) is 34.1 Å². The van der Waals surface area contributed by atoms with E-state index < -0.39 is 11.7 Å². The maximum atomic E-state index is 12.9. The van der Waals surface area contributed by atoms with Crippen molar-refractivity contribution in [3.05, 3.63) is 61.9 Å². The number of alkyl halides is 3. The highest BCUT2D eigenvalue weighted by atomic mass is 35.5. The number of H-pyrrole nitrogens is 1. The molecule has 1 aliphatic rings. The topological polar surface area (TPSA) is 32.9 Å². The molecule has 0 radical (unpaired) electrons. The second-order valence-corrected chi connectivity index (χ2v) is 7.10. The summed E-state index contributed by atoms with van der Waals surface area (Å²) in [6.07, 6.45) is -0.614. The number of aromatic amines is 1. The van der Waals surface area contributed by atoms with Gasteiger partial charge in [0.1, 0.15) is 0 Å². The number of thioether (sulfide) groups is 1. The average Bonchev–Trinajstić information content (AvgIpc) is 2.52. The molecular formula is C17H15ClF3NOS. The van der Waals surface area contributed by atoms with E-state index in [9.17, 15) is 18.0 Å². The number of pyridine rings is 1. The Hall–Kier alpha value is -1.40. The van der Waals surface area contributed by atoms with Crippen LogP contribution in [0.1, 0.15) is 35.1 Å². The smallest absolute Gasteiger partial charge is 0.317 e. The summed E-state index contributed by atoms with van der Waals surface area (Å²) in [6.45, 7) is 0. The minimum Gasteiger partial charge on any atom is -0.317 e. The maximum Gasteiger partial charge on any atom is 0.417 e. The van der Waals surface area contributed by atoms with Crippen molar-refractivity contribution in [2.75, 3.05) is 0 Å². The fraction of sp³-hybridized carbons (Fsp3) is 0.353. The minimum atomic E-state index is -4.47. The van der Waals surface area contributed by atoms with E-state index in [1.165, 1.54) is 17.8 Å². The highest BCUT2D eigenvalue weighted by Gasteiger charge is 2.33. The first-order chi connectivity index (χ1) is 11.4. The van der Waals surface area contributed by atoms with Gasteiger partial charge in [-0.15, -0.1) is 11.8 Å². The summed E-state index contributed by atoms with van der Waals surface area (Å²) >= 11 is 7.26. The third-order valence-corrected chi connectivity index (χ3v) is 5.62. The van der Waals surface area contributed by atoms with Gasteiger partial charge in [-0.05, 0) is 48.4 Å². The number of halogens is 4. The predicted octanol–water partition coefficient (Wildman–Crippen LogP) is 5.22. The molecular weight excluding hydrogens is 359 g/mol. The molecule has 0 unspecified atom stereocenters. The number of aromatic nitrogens is 1. The molecule has 0 fully saturated rings. The summed E-state index contributed by atoms with van der Waals surface area (Å²) in [5.41, 5.74) is 1.56. The maximum absolute atomic E-state index is 12.9. The highest BCUT2D eigenvalue weighted by Crippen LogP contribution is 2.38. The number of hydrogen-bond donors (Lipinski definition) is 1. The SMILES string of the molecule is O=c1cc2c(c(SCc3cccc(C(F)(F)F)c3Cl)[nH]1)CCCC2. The average molecular weight is 374 g/mol. The molecule has 1 aromatic carbocycles. The first kappa shape index (κ1) is 17.4. The molecule has 3 rings (SSSR count). The van der Waals surface area contributed by atoms with E-state index in [4.69, 9.17) is 11.6 Å². The van der Waals surface area contributed by atoms with E-state index in [1.807, 2.05) is 0 Å². The zero-order valence-corrected chi connectivity index (χ0v) is 14.2. The lowest BCUT2D eigenvalue weighted by Gasteiger charge is -2.18. The zero-order valence-electron chi connectivity index (χ0n) is 12.7. The van der Waals surface area contributed by atoms with Crippen molar-refractivity contribution in [3.63, 3.8) is 0 Å². The molecule has 1 aliphatic carbocycles. The van der Waals surface area contributed by atoms with Gasteiger partial charge in [0.05, 0.1) is 15.6 Å². The molecule has 2 nitrogen and oxygen atoms in total. The second kappa shape index (κ2) is 6.84. The van der Waals surface area contributed by atoms with Crippen LogP contribution in [0.25, 0.3) is 0 Å². The van der Waals surface area contributed by atoms with Gasteiger partial charge in [-0.1, -0.05) is 23.7 Å². The summed E-state index contributed by atoms with van der Waals surface area (Å²) in [7, 11) is 0. The van der Waals surface area contributed by atoms with Gasteiger partial charge in [0, 0.05) is 11.8 Å². The number of aryl methyl sites for hydroxylation is 1. The van der Waals surface area contributed by atoms with Gasteiger partial charge in [0.25, 0.3) is 0 Å². The molecule has 0 amide bonds. The van der Waals surface area contributed by atoms with Crippen molar-refractivity contribution in [1.29, 1.82) is 0 Å². The van der Waals surface area contributed by atoms with Crippen LogP contribution in [0, 0.1) is 0 Å². The standard InChI is InChI=1S/C17H15ClF3NOS/c18-15-11(5-3-7-13(15)17(19,20)21)9-24-16-12-6-2-1-4-10(12)8-14(23)22-16/h3,5,7-8H,1-2,4,6,9H2,(H,22,23). The molecule has 0 atom stereocenters. The van der Waals surface area contributed by atoms with Crippen LogP contribution in [0.2, 0.25) is 5.02 Å². The number of hydrogen-bond acceptors (Lipinski definition) is 2. The van der Waals surface area contributed by atoms with E-state index in [2.05, 4.69) is 4.98 Å². The number of nitrogens with one attached hydrogen (secondary N) is 1. The summed E-state index contributed by atoms with van der Waals surface area (Å²) in [5, 5.41) is 0.468. The molecule has 7 heteroatoms. The fourth-order valence-corrected chi connectivity index (χ4v) is 4.41. The molecule has 1 heterocycles. The summed E-state index contributed by atoms with van der Waals surface area (Å²) < 4.78 is 38.8. The van der Waals surface area contributed by atoms with Crippen molar-refractivity contribution in [2.45, 2.75) is 42.6 Å². The Morgan fingerprint density at radius 2 is 1.96 bits per heavy atom. The Kier molecular flexibility index (Phi) is 4.97. The Morgan fingerprint density at radius 1 is 1.21 bits per heavy atom. The summed E-state index contributed by atoms with van der Waals surface area (Å²) in [4.78, 5) is 14.6. The van der Waals surface area contributed by atoms with E-state index in [-0.39, 0.29) is 16.3 Å². The zero-order chi connectivity index (χ0) is 17.3. The first-order valence-electron chi connectivity index (χ1n) is 7.58. The Morgan fingerprint density at radius 3 is 2.71 bits per heavy atom. The first-order valence-corrected chi connectivity index (χ1v) is 8.95. The molecule has 0 aliphatic heterocycles. The van der Waals surface area contributed by atoms with Crippen LogP contribution < -0.4 is 5.56 Å². The predicted molar refractivity (Wildman–Crippen MR) is 89.7 cm³/mol. The molecule has 24 heavy (non-hydrogen) atoms. The van der Waals surface area contributed by atoms with Crippen molar-refractivity contribution >= 4 is 23.4 Å². The lowest BCUT2D eigenvalue weighted by Crippen LogP contribution is -2.14. The largest absolute Gasteiger partial charge is 0.417 e. The van der Waals surface area contributed by atoms with Crippen LogP contribution in [-0.2, 0) is 24.8 Å². The molecule has 0 saturated heterocycles. The second-order valence-electron chi connectivity index (χ2n) is 5.74. The molecule has 0 spiro atoms. The molecule has 0 saturated carbocycles. The molecule has 128 valence electrons. The van der Waals surface area contributed by atoms with E-state index in [0.717, 1.165) is 47.9 Å². The molecule has 2 aromatic rings. The highest BCUT2D eigenvalue weighted by molar-refractivity contribution is 7.98. The van der Waals surface area contributed by atoms with Crippen molar-refractivity contribution in [3.8, 4) is 0 Å². The van der Waals surface area contributed by atoms with Gasteiger partial charge >= 0.3 is 6.18 Å². The van der Waals surface area contributed by atoms with Crippen LogP contribution in [0.4, 0.5) is 13.2 Å². The third-order valence-electron chi connectivity index (χ3n) is 4.08. The molecule has 0 bridgehead atoms. The molecule has 1 N–H and O–H groups in total. The normalized spacial score (nSPS) is 14.5. The van der Waals surface area contributed by atoms with Crippen LogP contribution in [-0.4, -0.2) is 4.98 Å². The molecule has 1 aromatic heterocycles. The van der Waals surface area contributed by atoms with E-state index in [1.54, 1.807) is 12.1 Å². The van der Waals surface area contributed by atoms with Gasteiger partial charge < -0.3 is 4.98 Å². The summed E-state index contributed by atoms with van der Waals surface area (Å²) in [6, 6.07) is 5.53. The Labute approximate surface area is 146 Å². The number of benzene rings is 1. The minimum absolute atomic E-state index is 0.173. The Bertz CT molecular complexity index is 816. The van der Waals surface area contributed by atoms with Gasteiger partial charge in [0.15, 0.2) is 0 Å². The van der Waals surface area contributed by atoms with Crippen molar-refractivity contribution < 1.29 is 13.2 Å². The van der Waals surface area contributed by atoms with Gasteiger partial charge in [-0.25, -0.2) is 0 Å². The van der Waals surface area contributed by atoms with Crippen molar-refractivity contribution in [1.82, 2.24) is 4.98 Å². The Balaban J connectivity index is 1.87. The van der Waals surface area contributed by atoms with Gasteiger partial charge in [0.2, 0.25) is 5.56 Å². The van der Waals surface area contributed by atoms with Crippen LogP contribution >= 0.6 is 23.4 Å². The van der Waals surface area contributed by atoms with Gasteiger partial charge in [-0.3, -0.25) is 4.79 Å². The lowest BCUT2D eigenvalue weighted by atomic mass is 9.93. The number of rotatable bonds is 3. The summed E-state index contributed by atoms with van der Waals surface area (Å²) in [5.74, 6) is 0.273. The monoisotopic (exact) mass is 373 g/mol. The third kappa shape index (κ3) is 3.64.